The van der Waals surface area contributed by atoms with E-state index >= 15 is 0 Å². The fourth-order valence-corrected chi connectivity index (χ4v) is 3.85. The molecule has 1 heterocycles. The largest absolute Gasteiger partial charge is 0.493 e. The molecule has 7 nitrogen and oxygen atoms in total. The number of aryl methyl sites for hydroxylation is 1. The molecule has 0 radical (unpaired) electrons. The summed E-state index contributed by atoms with van der Waals surface area (Å²) in [6, 6.07) is 12.7. The third-order valence-electron chi connectivity index (χ3n) is 4.61. The number of amides is 3. The van der Waals surface area contributed by atoms with Gasteiger partial charge in [-0.05, 0) is 66.6 Å². The Morgan fingerprint density at radius 3 is 2.48 bits per heavy atom. The fraction of sp³-hybridized carbons (Fsp3) is 0.261. The molecule has 1 fully saturated rings. The predicted octanol–water partition coefficient (Wildman–Crippen LogP) is 4.33. The summed E-state index contributed by atoms with van der Waals surface area (Å²) in [4.78, 5) is 38.6. The molecule has 1 aliphatic heterocycles. The van der Waals surface area contributed by atoms with E-state index < -0.39 is 17.1 Å². The number of imide groups is 1. The zero-order valence-electron chi connectivity index (χ0n) is 17.6. The van der Waals surface area contributed by atoms with Crippen LogP contribution in [0.5, 0.6) is 11.5 Å². The Morgan fingerprint density at radius 2 is 1.84 bits per heavy atom. The zero-order chi connectivity index (χ0) is 22.4. The van der Waals surface area contributed by atoms with Crippen molar-refractivity contribution in [3.63, 3.8) is 0 Å². The van der Waals surface area contributed by atoms with Gasteiger partial charge in [0.1, 0.15) is 6.54 Å². The summed E-state index contributed by atoms with van der Waals surface area (Å²) in [5, 5.41) is 2.24. The van der Waals surface area contributed by atoms with Crippen molar-refractivity contribution < 1.29 is 23.9 Å². The molecule has 8 heteroatoms. The minimum absolute atomic E-state index is 0.248. The summed E-state index contributed by atoms with van der Waals surface area (Å²) in [7, 11) is 1.55. The number of hydrogen-bond acceptors (Lipinski definition) is 6. The van der Waals surface area contributed by atoms with Crippen molar-refractivity contribution in [2.75, 3.05) is 25.6 Å². The highest BCUT2D eigenvalue weighted by atomic mass is 32.2. The van der Waals surface area contributed by atoms with Crippen molar-refractivity contribution >= 4 is 40.6 Å². The van der Waals surface area contributed by atoms with E-state index in [1.54, 1.807) is 43.5 Å². The van der Waals surface area contributed by atoms with E-state index in [2.05, 4.69) is 5.32 Å². The second kappa shape index (κ2) is 10.2. The number of ether oxygens (including phenoxy) is 2. The van der Waals surface area contributed by atoms with Crippen LogP contribution in [0.4, 0.5) is 10.5 Å². The average Bonchev–Trinajstić information content (AvgIpc) is 3.02. The van der Waals surface area contributed by atoms with Gasteiger partial charge in [-0.3, -0.25) is 19.3 Å². The number of anilines is 1. The van der Waals surface area contributed by atoms with Crippen molar-refractivity contribution in [1.29, 1.82) is 0 Å². The van der Waals surface area contributed by atoms with Crippen LogP contribution in [0.15, 0.2) is 47.4 Å². The van der Waals surface area contributed by atoms with Crippen LogP contribution in [0.3, 0.4) is 0 Å². The molecule has 0 atom stereocenters. The molecule has 162 valence electrons. The lowest BCUT2D eigenvalue weighted by molar-refractivity contribution is -0.127. The molecule has 3 amide bonds. The van der Waals surface area contributed by atoms with Crippen LogP contribution in [0.2, 0.25) is 0 Å². The Bertz CT molecular complexity index is 1020. The number of thioether (sulfide) groups is 1. The third-order valence-corrected chi connectivity index (χ3v) is 5.51. The molecule has 3 rings (SSSR count). The van der Waals surface area contributed by atoms with Gasteiger partial charge in [0.25, 0.3) is 11.1 Å². The lowest BCUT2D eigenvalue weighted by atomic mass is 10.1. The van der Waals surface area contributed by atoms with E-state index in [4.69, 9.17) is 9.47 Å². The van der Waals surface area contributed by atoms with Crippen molar-refractivity contribution in [2.24, 2.45) is 0 Å². The van der Waals surface area contributed by atoms with Gasteiger partial charge < -0.3 is 14.8 Å². The molecule has 0 aromatic heterocycles. The first kappa shape index (κ1) is 22.4. The monoisotopic (exact) mass is 440 g/mol. The van der Waals surface area contributed by atoms with Gasteiger partial charge in [-0.1, -0.05) is 25.1 Å². The van der Waals surface area contributed by atoms with Crippen LogP contribution in [0.25, 0.3) is 6.08 Å². The molecule has 1 N–H and O–H groups in total. The lowest BCUT2D eigenvalue weighted by Gasteiger charge is -2.12. The molecular weight excluding hydrogens is 416 g/mol. The predicted molar refractivity (Wildman–Crippen MR) is 121 cm³/mol. The first-order valence-electron chi connectivity index (χ1n) is 9.90. The van der Waals surface area contributed by atoms with Gasteiger partial charge in [-0.15, -0.1) is 0 Å². The van der Waals surface area contributed by atoms with Crippen molar-refractivity contribution in [3.05, 3.63) is 58.5 Å². The first-order valence-corrected chi connectivity index (χ1v) is 10.7. The first-order chi connectivity index (χ1) is 14.9. The van der Waals surface area contributed by atoms with Crippen molar-refractivity contribution in [3.8, 4) is 11.5 Å². The molecule has 0 aliphatic carbocycles. The van der Waals surface area contributed by atoms with Crippen molar-refractivity contribution in [1.82, 2.24) is 4.90 Å². The number of benzene rings is 2. The molecule has 2 aromatic rings. The quantitative estimate of drug-likeness (QED) is 0.615. The van der Waals surface area contributed by atoms with Crippen LogP contribution in [0, 0.1) is 0 Å². The number of nitrogens with one attached hydrogen (secondary N) is 1. The number of nitrogens with zero attached hydrogens (tertiary/aromatic N) is 1. The Hall–Kier alpha value is -3.26. The van der Waals surface area contributed by atoms with E-state index in [0.717, 1.165) is 28.6 Å². The maximum absolute atomic E-state index is 12.7. The number of carbonyl (C=O) groups is 3. The smallest absolute Gasteiger partial charge is 0.294 e. The number of hydrogen-bond donors (Lipinski definition) is 1. The Kier molecular flexibility index (Phi) is 7.36. The third kappa shape index (κ3) is 5.46. The number of carbonyl (C=O) groups excluding carboxylic acids is 3. The van der Waals surface area contributed by atoms with Gasteiger partial charge in [0.15, 0.2) is 11.5 Å². The number of rotatable bonds is 8. The van der Waals surface area contributed by atoms with E-state index in [1.165, 1.54) is 0 Å². The fourth-order valence-electron chi connectivity index (χ4n) is 3.01. The summed E-state index contributed by atoms with van der Waals surface area (Å²) in [5.74, 6) is 0.193. The van der Waals surface area contributed by atoms with Crippen LogP contribution in [-0.2, 0) is 16.0 Å². The Balaban J connectivity index is 1.70. The van der Waals surface area contributed by atoms with Gasteiger partial charge in [0, 0.05) is 5.69 Å². The molecule has 0 bridgehead atoms. The van der Waals surface area contributed by atoms with E-state index in [9.17, 15) is 14.4 Å². The zero-order valence-corrected chi connectivity index (χ0v) is 18.5. The van der Waals surface area contributed by atoms with Gasteiger partial charge in [-0.25, -0.2) is 0 Å². The van der Waals surface area contributed by atoms with E-state index in [1.807, 2.05) is 26.0 Å². The Morgan fingerprint density at radius 1 is 1.10 bits per heavy atom. The van der Waals surface area contributed by atoms with Gasteiger partial charge >= 0.3 is 0 Å². The summed E-state index contributed by atoms with van der Waals surface area (Å²) >= 11 is 0.805. The number of methoxy groups -OCH3 is 1. The summed E-state index contributed by atoms with van der Waals surface area (Å²) < 4.78 is 10.8. The summed E-state index contributed by atoms with van der Waals surface area (Å²) in [5.41, 5.74) is 2.46. The van der Waals surface area contributed by atoms with Gasteiger partial charge in [0.05, 0.1) is 18.6 Å². The molecule has 0 spiro atoms. The molecule has 1 saturated heterocycles. The second-order valence-electron chi connectivity index (χ2n) is 6.71. The second-order valence-corrected chi connectivity index (χ2v) is 7.70. The lowest BCUT2D eigenvalue weighted by Crippen LogP contribution is -2.36. The molecule has 31 heavy (non-hydrogen) atoms. The molecular formula is C23H24N2O5S. The molecule has 2 aromatic carbocycles. The summed E-state index contributed by atoms with van der Waals surface area (Å²) in [6.45, 7) is 4.03. The molecule has 0 saturated carbocycles. The van der Waals surface area contributed by atoms with Crippen LogP contribution >= 0.6 is 11.8 Å². The standard InChI is InChI=1S/C23H24N2O5S/c1-4-15-6-9-17(10-7-15)24-21(26)14-25-22(27)20(31-23(25)28)13-16-8-11-18(29-3)19(12-16)30-5-2/h6-13H,4-5,14H2,1-3H3,(H,24,26)/b20-13+. The van der Waals surface area contributed by atoms with Gasteiger partial charge in [0.2, 0.25) is 5.91 Å². The minimum Gasteiger partial charge on any atom is -0.493 e. The highest BCUT2D eigenvalue weighted by Gasteiger charge is 2.36. The SMILES string of the molecule is CCOc1cc(/C=C2/SC(=O)N(CC(=O)Nc3ccc(CC)cc3)C2=O)ccc1OC. The average molecular weight is 441 g/mol. The van der Waals surface area contributed by atoms with E-state index in [-0.39, 0.29) is 11.4 Å². The van der Waals surface area contributed by atoms with Crippen LogP contribution < -0.4 is 14.8 Å². The highest BCUT2D eigenvalue weighted by Crippen LogP contribution is 2.34. The van der Waals surface area contributed by atoms with Crippen LogP contribution in [0.1, 0.15) is 25.0 Å². The Labute approximate surface area is 185 Å². The topological polar surface area (TPSA) is 84.9 Å². The minimum atomic E-state index is -0.500. The molecule has 0 unspecified atom stereocenters. The van der Waals surface area contributed by atoms with E-state index in [0.29, 0.717) is 29.4 Å². The maximum Gasteiger partial charge on any atom is 0.294 e. The maximum atomic E-state index is 12.7. The van der Waals surface area contributed by atoms with Gasteiger partial charge in [-0.2, -0.15) is 0 Å². The van der Waals surface area contributed by atoms with Crippen molar-refractivity contribution in [2.45, 2.75) is 20.3 Å². The highest BCUT2D eigenvalue weighted by molar-refractivity contribution is 8.18. The normalized spacial score (nSPS) is 14.8. The summed E-state index contributed by atoms with van der Waals surface area (Å²) in [6.07, 6.45) is 2.51. The molecule has 1 aliphatic rings. The van der Waals surface area contributed by atoms with Crippen LogP contribution in [-0.4, -0.2) is 42.2 Å².